The van der Waals surface area contributed by atoms with Crippen LogP contribution in [0.5, 0.6) is 0 Å². The molecule has 2 heterocycles. The second-order valence-electron chi connectivity index (χ2n) is 6.17. The van der Waals surface area contributed by atoms with Crippen molar-refractivity contribution in [2.24, 2.45) is 17.6 Å². The van der Waals surface area contributed by atoms with E-state index in [-0.39, 0.29) is 36.2 Å². The number of hydrogen-bond donors (Lipinski definition) is 2. The minimum atomic E-state index is -0.721. The topological polar surface area (TPSA) is 83.6 Å². The molecule has 108 valence electrons. The van der Waals surface area contributed by atoms with Crippen LogP contribution >= 0.6 is 0 Å². The van der Waals surface area contributed by atoms with Gasteiger partial charge in [0.15, 0.2) is 0 Å². The maximum atomic E-state index is 12.3. The number of carbonyl (C=O) groups excluding carboxylic acids is 1. The van der Waals surface area contributed by atoms with Crippen molar-refractivity contribution in [2.45, 2.75) is 57.5 Å². The summed E-state index contributed by atoms with van der Waals surface area (Å²) in [7, 11) is 0. The Balaban J connectivity index is 1.95. The standard InChI is InChI=1S/C14H24N2O3/c1-9(8-15)4-13(17)16-11-2-3-12(16)6-10(5-11)7-14(18)19/h9-12H,2-8,15H2,1H3,(H,18,19). The number of nitrogens with two attached hydrogens (primary N) is 1. The van der Waals surface area contributed by atoms with Gasteiger partial charge < -0.3 is 15.7 Å². The van der Waals surface area contributed by atoms with Crippen molar-refractivity contribution in [1.82, 2.24) is 4.90 Å². The van der Waals surface area contributed by atoms with Gasteiger partial charge in [-0.15, -0.1) is 0 Å². The molecule has 2 saturated heterocycles. The summed E-state index contributed by atoms with van der Waals surface area (Å²) in [5, 5.41) is 8.89. The SMILES string of the molecule is CC(CN)CC(=O)N1C2CCC1CC(CC(=O)O)C2. The van der Waals surface area contributed by atoms with Crippen LogP contribution in [0.25, 0.3) is 0 Å². The van der Waals surface area contributed by atoms with Gasteiger partial charge in [-0.3, -0.25) is 9.59 Å². The Labute approximate surface area is 114 Å². The van der Waals surface area contributed by atoms with E-state index in [1.807, 2.05) is 11.8 Å². The molecule has 0 radical (unpaired) electrons. The first-order valence-electron chi connectivity index (χ1n) is 7.24. The van der Waals surface area contributed by atoms with Crippen LogP contribution in [-0.4, -0.2) is 40.5 Å². The number of carboxylic acid groups (broad SMARTS) is 1. The molecule has 2 aliphatic heterocycles. The van der Waals surface area contributed by atoms with Gasteiger partial charge in [-0.05, 0) is 44.1 Å². The zero-order valence-corrected chi connectivity index (χ0v) is 11.5. The van der Waals surface area contributed by atoms with E-state index >= 15 is 0 Å². The number of fused-ring (bicyclic) bond motifs is 2. The maximum Gasteiger partial charge on any atom is 0.303 e. The molecule has 2 fully saturated rings. The summed E-state index contributed by atoms with van der Waals surface area (Å²) in [6, 6.07) is 0.529. The van der Waals surface area contributed by atoms with Crippen LogP contribution in [-0.2, 0) is 9.59 Å². The normalized spacial score (nSPS) is 31.3. The third kappa shape index (κ3) is 3.26. The van der Waals surface area contributed by atoms with Crippen LogP contribution in [0.4, 0.5) is 0 Å². The first kappa shape index (κ1) is 14.3. The molecule has 2 bridgehead atoms. The first-order valence-corrected chi connectivity index (χ1v) is 7.24. The third-order valence-electron chi connectivity index (χ3n) is 4.51. The van der Waals surface area contributed by atoms with E-state index in [4.69, 9.17) is 10.8 Å². The smallest absolute Gasteiger partial charge is 0.303 e. The summed E-state index contributed by atoms with van der Waals surface area (Å²) in [6.45, 7) is 2.54. The highest BCUT2D eigenvalue weighted by Crippen LogP contribution is 2.40. The molecule has 3 N–H and O–H groups in total. The summed E-state index contributed by atoms with van der Waals surface area (Å²) in [4.78, 5) is 25.1. The van der Waals surface area contributed by atoms with Gasteiger partial charge in [-0.2, -0.15) is 0 Å². The average Bonchev–Trinajstić information content (AvgIpc) is 2.60. The molecular weight excluding hydrogens is 244 g/mol. The van der Waals surface area contributed by atoms with E-state index in [9.17, 15) is 9.59 Å². The minimum Gasteiger partial charge on any atom is -0.481 e. The summed E-state index contributed by atoms with van der Waals surface area (Å²) >= 11 is 0. The Bertz CT molecular complexity index is 345. The second kappa shape index (κ2) is 5.90. The van der Waals surface area contributed by atoms with Gasteiger partial charge >= 0.3 is 5.97 Å². The molecule has 0 aromatic rings. The lowest BCUT2D eigenvalue weighted by molar-refractivity contribution is -0.140. The number of aliphatic carboxylic acids is 1. The van der Waals surface area contributed by atoms with Crippen LogP contribution in [0.3, 0.4) is 0 Å². The Morgan fingerprint density at radius 2 is 1.89 bits per heavy atom. The van der Waals surface area contributed by atoms with Gasteiger partial charge in [0.2, 0.25) is 5.91 Å². The van der Waals surface area contributed by atoms with Crippen LogP contribution in [0, 0.1) is 11.8 Å². The summed E-state index contributed by atoms with van der Waals surface area (Å²) in [6.07, 6.45) is 4.53. The number of rotatable bonds is 5. The molecule has 19 heavy (non-hydrogen) atoms. The Morgan fingerprint density at radius 1 is 1.32 bits per heavy atom. The number of nitrogens with zero attached hydrogens (tertiary/aromatic N) is 1. The van der Waals surface area contributed by atoms with E-state index in [0.717, 1.165) is 25.7 Å². The Kier molecular flexibility index (Phi) is 4.45. The second-order valence-corrected chi connectivity index (χ2v) is 6.17. The largest absolute Gasteiger partial charge is 0.481 e. The van der Waals surface area contributed by atoms with Crippen LogP contribution in [0.2, 0.25) is 0 Å². The molecule has 5 heteroatoms. The summed E-state index contributed by atoms with van der Waals surface area (Å²) < 4.78 is 0. The molecule has 0 saturated carbocycles. The van der Waals surface area contributed by atoms with E-state index in [1.54, 1.807) is 0 Å². The predicted molar refractivity (Wildman–Crippen MR) is 71.5 cm³/mol. The van der Waals surface area contributed by atoms with Gasteiger partial charge in [-0.1, -0.05) is 6.92 Å². The van der Waals surface area contributed by atoms with Crippen molar-refractivity contribution in [2.75, 3.05) is 6.54 Å². The highest BCUT2D eigenvalue weighted by atomic mass is 16.4. The molecule has 0 aliphatic carbocycles. The fraction of sp³-hybridized carbons (Fsp3) is 0.857. The van der Waals surface area contributed by atoms with Crippen LogP contribution < -0.4 is 5.73 Å². The average molecular weight is 268 g/mol. The molecule has 2 rings (SSSR count). The van der Waals surface area contributed by atoms with Crippen molar-refractivity contribution in [3.8, 4) is 0 Å². The zero-order chi connectivity index (χ0) is 14.0. The fourth-order valence-electron chi connectivity index (χ4n) is 3.60. The fourth-order valence-corrected chi connectivity index (χ4v) is 3.60. The van der Waals surface area contributed by atoms with Gasteiger partial charge in [0.05, 0.1) is 0 Å². The summed E-state index contributed by atoms with van der Waals surface area (Å²) in [5.41, 5.74) is 5.58. The lowest BCUT2D eigenvalue weighted by Crippen LogP contribution is -2.47. The van der Waals surface area contributed by atoms with Crippen molar-refractivity contribution in [3.05, 3.63) is 0 Å². The highest BCUT2D eigenvalue weighted by Gasteiger charge is 2.43. The quantitative estimate of drug-likeness (QED) is 0.785. The first-order chi connectivity index (χ1) is 9.01. The molecule has 0 aromatic heterocycles. The highest BCUT2D eigenvalue weighted by molar-refractivity contribution is 5.77. The monoisotopic (exact) mass is 268 g/mol. The lowest BCUT2D eigenvalue weighted by Gasteiger charge is -2.39. The summed E-state index contributed by atoms with van der Waals surface area (Å²) in [5.74, 6) is -0.0465. The van der Waals surface area contributed by atoms with E-state index in [1.165, 1.54) is 0 Å². The van der Waals surface area contributed by atoms with E-state index in [2.05, 4.69) is 0 Å². The molecule has 5 nitrogen and oxygen atoms in total. The van der Waals surface area contributed by atoms with Gasteiger partial charge in [0.1, 0.15) is 0 Å². The minimum absolute atomic E-state index is 0.208. The molecule has 0 aromatic carbocycles. The molecule has 0 spiro atoms. The predicted octanol–water partition coefficient (Wildman–Crippen LogP) is 1.22. The molecule has 2 aliphatic rings. The van der Waals surface area contributed by atoms with Crippen molar-refractivity contribution in [1.29, 1.82) is 0 Å². The number of carboxylic acids is 1. The molecular formula is C14H24N2O3. The Morgan fingerprint density at radius 3 is 2.37 bits per heavy atom. The Hall–Kier alpha value is -1.10. The number of carbonyl (C=O) groups is 2. The number of piperidine rings is 1. The van der Waals surface area contributed by atoms with Gasteiger partial charge in [0, 0.05) is 24.9 Å². The van der Waals surface area contributed by atoms with Crippen LogP contribution in [0.15, 0.2) is 0 Å². The van der Waals surface area contributed by atoms with Crippen molar-refractivity contribution >= 4 is 11.9 Å². The van der Waals surface area contributed by atoms with Crippen molar-refractivity contribution in [3.63, 3.8) is 0 Å². The number of hydrogen-bond acceptors (Lipinski definition) is 3. The number of amides is 1. The lowest BCUT2D eigenvalue weighted by atomic mass is 9.87. The molecule has 3 unspecified atom stereocenters. The van der Waals surface area contributed by atoms with Gasteiger partial charge in [0.25, 0.3) is 0 Å². The van der Waals surface area contributed by atoms with E-state index < -0.39 is 5.97 Å². The van der Waals surface area contributed by atoms with Crippen molar-refractivity contribution < 1.29 is 14.7 Å². The molecule has 1 amide bonds. The molecule has 3 atom stereocenters. The van der Waals surface area contributed by atoms with E-state index in [0.29, 0.717) is 13.0 Å². The maximum absolute atomic E-state index is 12.3. The third-order valence-corrected chi connectivity index (χ3v) is 4.51. The zero-order valence-electron chi connectivity index (χ0n) is 11.5. The van der Waals surface area contributed by atoms with Crippen LogP contribution in [0.1, 0.15) is 45.4 Å². The van der Waals surface area contributed by atoms with Gasteiger partial charge in [-0.25, -0.2) is 0 Å².